The Hall–Kier alpha value is -1.74. The van der Waals surface area contributed by atoms with E-state index in [1.54, 1.807) is 0 Å². The van der Waals surface area contributed by atoms with Crippen molar-refractivity contribution in [2.45, 2.75) is 37.8 Å². The molecule has 20 heavy (non-hydrogen) atoms. The monoisotopic (exact) mass is 279 g/mol. The lowest BCUT2D eigenvalue weighted by molar-refractivity contribution is -0.137. The van der Waals surface area contributed by atoms with E-state index in [1.807, 2.05) is 0 Å². The average molecular weight is 279 g/mol. The minimum Gasteiger partial charge on any atom is -0.480 e. The van der Waals surface area contributed by atoms with Gasteiger partial charge in [-0.2, -0.15) is 0 Å². The van der Waals surface area contributed by atoms with Gasteiger partial charge in [0.05, 0.1) is 6.54 Å². The highest BCUT2D eigenvalue weighted by atomic mass is 16.4. The van der Waals surface area contributed by atoms with E-state index in [4.69, 9.17) is 11.5 Å². The first-order chi connectivity index (χ1) is 9.60. The van der Waals surface area contributed by atoms with E-state index in [0.717, 1.165) is 30.8 Å². The van der Waals surface area contributed by atoms with E-state index >= 15 is 0 Å². The standard InChI is InChI=1S/C14H21N3O3/c1-2-6-17(10-13(18)19)14(20)15-11-5-8-16-7-3-4-12(16)9-11/h1,11-12H,3-10H2,(H,15,20)(H,18,19). The number of nitrogens with one attached hydrogen (secondary N) is 1. The summed E-state index contributed by atoms with van der Waals surface area (Å²) in [6.07, 6.45) is 9.46. The minimum atomic E-state index is -1.05. The smallest absolute Gasteiger partial charge is 0.323 e. The number of hydrogen-bond acceptors (Lipinski definition) is 3. The molecule has 0 aliphatic carbocycles. The van der Waals surface area contributed by atoms with Crippen LogP contribution in [-0.4, -0.2) is 65.2 Å². The van der Waals surface area contributed by atoms with Gasteiger partial charge in [-0.3, -0.25) is 4.79 Å². The van der Waals surface area contributed by atoms with Gasteiger partial charge in [-0.05, 0) is 32.2 Å². The van der Waals surface area contributed by atoms with E-state index in [9.17, 15) is 9.59 Å². The van der Waals surface area contributed by atoms with Gasteiger partial charge < -0.3 is 20.2 Å². The average Bonchev–Trinajstić information content (AvgIpc) is 2.85. The van der Waals surface area contributed by atoms with Gasteiger partial charge in [0.2, 0.25) is 0 Å². The van der Waals surface area contributed by atoms with Crippen LogP contribution in [0.15, 0.2) is 0 Å². The first-order valence-electron chi connectivity index (χ1n) is 7.05. The SMILES string of the molecule is C#CCN(CC(=O)O)C(=O)NC1CCN2CCCC2C1. The number of piperidine rings is 1. The summed E-state index contributed by atoms with van der Waals surface area (Å²) in [5.41, 5.74) is 0. The topological polar surface area (TPSA) is 72.9 Å². The molecule has 6 heteroatoms. The predicted octanol–water partition coefficient (Wildman–Crippen LogP) is 0.343. The molecule has 2 heterocycles. The second kappa shape index (κ2) is 6.62. The number of amides is 2. The lowest BCUT2D eigenvalue weighted by Gasteiger charge is -2.35. The minimum absolute atomic E-state index is 0.0143. The number of rotatable bonds is 4. The molecule has 2 aliphatic rings. The summed E-state index contributed by atoms with van der Waals surface area (Å²) in [6.45, 7) is 1.82. The second-order valence-electron chi connectivity index (χ2n) is 5.46. The number of hydrogen-bond donors (Lipinski definition) is 2. The van der Waals surface area contributed by atoms with Gasteiger partial charge in [-0.1, -0.05) is 5.92 Å². The third-order valence-electron chi connectivity index (χ3n) is 4.04. The first-order valence-corrected chi connectivity index (χ1v) is 7.05. The molecule has 0 spiro atoms. The van der Waals surface area contributed by atoms with Crippen LogP contribution < -0.4 is 5.32 Å². The van der Waals surface area contributed by atoms with Gasteiger partial charge in [-0.15, -0.1) is 6.42 Å². The second-order valence-corrected chi connectivity index (χ2v) is 5.46. The van der Waals surface area contributed by atoms with Gasteiger partial charge in [0.15, 0.2) is 0 Å². The van der Waals surface area contributed by atoms with Gasteiger partial charge in [0.25, 0.3) is 0 Å². The number of carboxylic acid groups (broad SMARTS) is 1. The van der Waals surface area contributed by atoms with E-state index in [-0.39, 0.29) is 25.2 Å². The molecule has 2 atom stereocenters. The van der Waals surface area contributed by atoms with Crippen molar-refractivity contribution in [3.05, 3.63) is 0 Å². The molecule has 6 nitrogen and oxygen atoms in total. The summed E-state index contributed by atoms with van der Waals surface area (Å²) in [7, 11) is 0. The van der Waals surface area contributed by atoms with Gasteiger partial charge in [0.1, 0.15) is 6.54 Å². The van der Waals surface area contributed by atoms with Crippen molar-refractivity contribution in [2.75, 3.05) is 26.2 Å². The number of carboxylic acids is 1. The zero-order valence-electron chi connectivity index (χ0n) is 11.5. The highest BCUT2D eigenvalue weighted by molar-refractivity contribution is 5.80. The fraction of sp³-hybridized carbons (Fsp3) is 0.714. The molecular weight excluding hydrogens is 258 g/mol. The summed E-state index contributed by atoms with van der Waals surface area (Å²) in [5, 5.41) is 11.7. The van der Waals surface area contributed by atoms with Crippen molar-refractivity contribution in [3.8, 4) is 12.3 Å². The molecule has 0 aromatic rings. The van der Waals surface area contributed by atoms with Crippen LogP contribution in [0.1, 0.15) is 25.7 Å². The lowest BCUT2D eigenvalue weighted by Crippen LogP contribution is -2.51. The predicted molar refractivity (Wildman–Crippen MR) is 74.2 cm³/mol. The number of urea groups is 1. The molecule has 0 radical (unpaired) electrons. The maximum atomic E-state index is 12.1. The van der Waals surface area contributed by atoms with Crippen LogP contribution in [0.2, 0.25) is 0 Å². The highest BCUT2D eigenvalue weighted by Crippen LogP contribution is 2.26. The molecule has 2 aliphatic heterocycles. The van der Waals surface area contributed by atoms with Crippen molar-refractivity contribution in [3.63, 3.8) is 0 Å². The van der Waals surface area contributed by atoms with Crippen molar-refractivity contribution in [2.24, 2.45) is 0 Å². The van der Waals surface area contributed by atoms with Crippen molar-refractivity contribution >= 4 is 12.0 Å². The Balaban J connectivity index is 1.86. The molecule has 110 valence electrons. The van der Waals surface area contributed by atoms with Crippen LogP contribution in [0.5, 0.6) is 0 Å². The Labute approximate surface area is 119 Å². The number of carbonyl (C=O) groups excluding carboxylic acids is 1. The molecule has 2 saturated heterocycles. The van der Waals surface area contributed by atoms with E-state index in [1.165, 1.54) is 12.8 Å². The van der Waals surface area contributed by atoms with Crippen molar-refractivity contribution in [1.82, 2.24) is 15.1 Å². The van der Waals surface area contributed by atoms with Crippen LogP contribution in [0, 0.1) is 12.3 Å². The van der Waals surface area contributed by atoms with Gasteiger partial charge in [0, 0.05) is 18.6 Å². The third kappa shape index (κ3) is 3.64. The highest BCUT2D eigenvalue weighted by Gasteiger charge is 2.32. The summed E-state index contributed by atoms with van der Waals surface area (Å²) in [4.78, 5) is 26.4. The Kier molecular flexibility index (Phi) is 4.85. The zero-order chi connectivity index (χ0) is 14.5. The number of carbonyl (C=O) groups is 2. The molecule has 2 unspecified atom stereocenters. The summed E-state index contributed by atoms with van der Waals surface area (Å²) < 4.78 is 0. The Morgan fingerprint density at radius 3 is 2.90 bits per heavy atom. The first kappa shape index (κ1) is 14.7. The molecule has 0 bridgehead atoms. The van der Waals surface area contributed by atoms with E-state index < -0.39 is 5.97 Å². The third-order valence-corrected chi connectivity index (χ3v) is 4.04. The Morgan fingerprint density at radius 1 is 1.40 bits per heavy atom. The molecule has 2 rings (SSSR count). The molecule has 2 fully saturated rings. The van der Waals surface area contributed by atoms with Crippen molar-refractivity contribution < 1.29 is 14.7 Å². The summed E-state index contributed by atoms with van der Waals surface area (Å²) >= 11 is 0. The van der Waals surface area contributed by atoms with Crippen LogP contribution in [-0.2, 0) is 4.79 Å². The quantitative estimate of drug-likeness (QED) is 0.728. The summed E-state index contributed by atoms with van der Waals surface area (Å²) in [6, 6.07) is 0.312. The van der Waals surface area contributed by atoms with E-state index in [2.05, 4.69) is 16.1 Å². The molecule has 2 N–H and O–H groups in total. The van der Waals surface area contributed by atoms with Crippen molar-refractivity contribution in [1.29, 1.82) is 0 Å². The molecule has 0 saturated carbocycles. The van der Waals surface area contributed by atoms with Crippen LogP contribution >= 0.6 is 0 Å². The number of terminal acetylenes is 1. The number of nitrogens with zero attached hydrogens (tertiary/aromatic N) is 2. The number of aliphatic carboxylic acids is 1. The van der Waals surface area contributed by atoms with E-state index in [0.29, 0.717) is 6.04 Å². The fourth-order valence-electron chi connectivity index (χ4n) is 3.09. The summed E-state index contributed by atoms with van der Waals surface area (Å²) in [5.74, 6) is 1.27. The maximum absolute atomic E-state index is 12.1. The lowest BCUT2D eigenvalue weighted by atomic mass is 9.98. The molecule has 2 amide bonds. The Morgan fingerprint density at radius 2 is 2.20 bits per heavy atom. The molecule has 0 aromatic heterocycles. The van der Waals surface area contributed by atoms with Crippen LogP contribution in [0.3, 0.4) is 0 Å². The molecule has 0 aromatic carbocycles. The molecular formula is C14H21N3O3. The zero-order valence-corrected chi connectivity index (χ0v) is 11.5. The normalized spacial score (nSPS) is 25.6. The largest absolute Gasteiger partial charge is 0.480 e. The fourth-order valence-corrected chi connectivity index (χ4v) is 3.09. The van der Waals surface area contributed by atoms with Crippen LogP contribution in [0.4, 0.5) is 4.79 Å². The van der Waals surface area contributed by atoms with Gasteiger partial charge in [-0.25, -0.2) is 4.79 Å². The maximum Gasteiger partial charge on any atom is 0.323 e. The number of fused-ring (bicyclic) bond motifs is 1. The van der Waals surface area contributed by atoms with Crippen LogP contribution in [0.25, 0.3) is 0 Å². The Bertz CT molecular complexity index is 418. The van der Waals surface area contributed by atoms with Gasteiger partial charge >= 0.3 is 12.0 Å².